The molecule has 0 radical (unpaired) electrons. The average Bonchev–Trinajstić information content (AvgIpc) is 3.09. The molecular weight excluding hydrogens is 348 g/mol. The van der Waals surface area contributed by atoms with Crippen LogP contribution in [0.1, 0.15) is 6.42 Å². The molecule has 2 aromatic carbocycles. The SMILES string of the molecule is COc1ccccc1N1C[C@H](C(=O)Nc2ccc3c(c2)OCCO3)CC1=O. The van der Waals surface area contributed by atoms with Crippen LogP contribution < -0.4 is 24.4 Å². The van der Waals surface area contributed by atoms with E-state index in [0.29, 0.717) is 48.4 Å². The molecule has 1 N–H and O–H groups in total. The van der Waals surface area contributed by atoms with Crippen LogP contribution in [0.2, 0.25) is 0 Å². The number of anilines is 2. The Morgan fingerprint density at radius 2 is 1.93 bits per heavy atom. The Morgan fingerprint density at radius 1 is 1.15 bits per heavy atom. The van der Waals surface area contributed by atoms with Crippen molar-refractivity contribution in [3.05, 3.63) is 42.5 Å². The molecule has 2 amide bonds. The van der Waals surface area contributed by atoms with Crippen LogP contribution in [0.4, 0.5) is 11.4 Å². The molecule has 2 aromatic rings. The van der Waals surface area contributed by atoms with E-state index in [4.69, 9.17) is 14.2 Å². The van der Waals surface area contributed by atoms with E-state index < -0.39 is 5.92 Å². The molecule has 27 heavy (non-hydrogen) atoms. The zero-order chi connectivity index (χ0) is 18.8. The highest BCUT2D eigenvalue weighted by Gasteiger charge is 2.36. The summed E-state index contributed by atoms with van der Waals surface area (Å²) in [5.74, 6) is 1.16. The fourth-order valence-electron chi connectivity index (χ4n) is 3.33. The monoisotopic (exact) mass is 368 g/mol. The van der Waals surface area contributed by atoms with Crippen molar-refractivity contribution in [1.29, 1.82) is 0 Å². The minimum atomic E-state index is -0.435. The molecule has 1 saturated heterocycles. The summed E-state index contributed by atoms with van der Waals surface area (Å²) in [6.45, 7) is 1.31. The van der Waals surface area contributed by atoms with Crippen LogP contribution in [0.3, 0.4) is 0 Å². The van der Waals surface area contributed by atoms with Crippen molar-refractivity contribution >= 4 is 23.2 Å². The Bertz CT molecular complexity index is 882. The third-order valence-corrected chi connectivity index (χ3v) is 4.68. The summed E-state index contributed by atoms with van der Waals surface area (Å²) in [7, 11) is 1.56. The topological polar surface area (TPSA) is 77.1 Å². The quantitative estimate of drug-likeness (QED) is 0.897. The number of nitrogens with one attached hydrogen (secondary N) is 1. The summed E-state index contributed by atoms with van der Waals surface area (Å²) in [6.07, 6.45) is 0.161. The molecule has 1 atom stereocenters. The van der Waals surface area contributed by atoms with Crippen LogP contribution in [0.5, 0.6) is 17.2 Å². The van der Waals surface area contributed by atoms with E-state index in [2.05, 4.69) is 5.32 Å². The lowest BCUT2D eigenvalue weighted by molar-refractivity contribution is -0.122. The highest BCUT2D eigenvalue weighted by atomic mass is 16.6. The van der Waals surface area contributed by atoms with Crippen LogP contribution in [0.25, 0.3) is 0 Å². The number of hydrogen-bond acceptors (Lipinski definition) is 5. The highest BCUT2D eigenvalue weighted by Crippen LogP contribution is 2.35. The molecule has 0 spiro atoms. The summed E-state index contributed by atoms with van der Waals surface area (Å²) >= 11 is 0. The van der Waals surface area contributed by atoms with E-state index in [9.17, 15) is 9.59 Å². The summed E-state index contributed by atoms with van der Waals surface area (Å²) < 4.78 is 16.3. The lowest BCUT2D eigenvalue weighted by Crippen LogP contribution is -2.28. The fraction of sp³-hybridized carbons (Fsp3) is 0.300. The van der Waals surface area contributed by atoms with Crippen LogP contribution in [-0.2, 0) is 9.59 Å². The average molecular weight is 368 g/mol. The molecule has 2 aliphatic heterocycles. The molecule has 4 rings (SSSR count). The fourth-order valence-corrected chi connectivity index (χ4v) is 3.33. The van der Waals surface area contributed by atoms with Crippen molar-refractivity contribution in [2.24, 2.45) is 5.92 Å². The van der Waals surface area contributed by atoms with E-state index in [1.54, 1.807) is 36.3 Å². The van der Waals surface area contributed by atoms with Gasteiger partial charge in [-0.15, -0.1) is 0 Å². The van der Waals surface area contributed by atoms with E-state index in [-0.39, 0.29) is 18.2 Å². The molecule has 0 bridgehead atoms. The number of benzene rings is 2. The van der Waals surface area contributed by atoms with Gasteiger partial charge in [0.2, 0.25) is 11.8 Å². The van der Waals surface area contributed by atoms with Gasteiger partial charge in [0, 0.05) is 24.7 Å². The van der Waals surface area contributed by atoms with Crippen LogP contribution in [0.15, 0.2) is 42.5 Å². The summed E-state index contributed by atoms with van der Waals surface area (Å²) in [5, 5.41) is 2.87. The summed E-state index contributed by atoms with van der Waals surface area (Å²) in [6, 6.07) is 12.6. The maximum atomic E-state index is 12.7. The number of ether oxygens (including phenoxy) is 3. The van der Waals surface area contributed by atoms with E-state index in [0.717, 1.165) is 0 Å². The first-order valence-corrected chi connectivity index (χ1v) is 8.79. The Morgan fingerprint density at radius 3 is 2.74 bits per heavy atom. The zero-order valence-electron chi connectivity index (χ0n) is 14.9. The maximum Gasteiger partial charge on any atom is 0.229 e. The number of carbonyl (C=O) groups is 2. The predicted molar refractivity (Wildman–Crippen MR) is 99.5 cm³/mol. The molecule has 0 aliphatic carbocycles. The molecular formula is C20H20N2O5. The minimum absolute atomic E-state index is 0.0955. The lowest BCUT2D eigenvalue weighted by atomic mass is 10.1. The van der Waals surface area contributed by atoms with Crippen molar-refractivity contribution in [3.63, 3.8) is 0 Å². The van der Waals surface area contributed by atoms with Crippen molar-refractivity contribution in [3.8, 4) is 17.2 Å². The predicted octanol–water partition coefficient (Wildman–Crippen LogP) is 2.46. The van der Waals surface area contributed by atoms with Gasteiger partial charge in [0.15, 0.2) is 11.5 Å². The molecule has 2 heterocycles. The van der Waals surface area contributed by atoms with Gasteiger partial charge >= 0.3 is 0 Å². The number of methoxy groups -OCH3 is 1. The van der Waals surface area contributed by atoms with Gasteiger partial charge in [0.05, 0.1) is 18.7 Å². The van der Waals surface area contributed by atoms with Gasteiger partial charge in [-0.05, 0) is 24.3 Å². The smallest absolute Gasteiger partial charge is 0.229 e. The Balaban J connectivity index is 1.46. The van der Waals surface area contributed by atoms with Gasteiger partial charge in [0.25, 0.3) is 0 Å². The van der Waals surface area contributed by atoms with Crippen molar-refractivity contribution < 1.29 is 23.8 Å². The minimum Gasteiger partial charge on any atom is -0.495 e. The van der Waals surface area contributed by atoms with Crippen molar-refractivity contribution in [2.45, 2.75) is 6.42 Å². The molecule has 0 saturated carbocycles. The third-order valence-electron chi connectivity index (χ3n) is 4.68. The van der Waals surface area contributed by atoms with E-state index >= 15 is 0 Å². The maximum absolute atomic E-state index is 12.7. The van der Waals surface area contributed by atoms with Gasteiger partial charge in [-0.25, -0.2) is 0 Å². The third kappa shape index (κ3) is 3.40. The van der Waals surface area contributed by atoms with E-state index in [1.165, 1.54) is 0 Å². The Kier molecular flexibility index (Phi) is 4.58. The van der Waals surface area contributed by atoms with Gasteiger partial charge in [-0.3, -0.25) is 9.59 Å². The number of amides is 2. The van der Waals surface area contributed by atoms with Gasteiger partial charge in [0.1, 0.15) is 19.0 Å². The molecule has 0 unspecified atom stereocenters. The highest BCUT2D eigenvalue weighted by molar-refractivity contribution is 6.04. The second-order valence-electron chi connectivity index (χ2n) is 6.42. The van der Waals surface area contributed by atoms with Crippen LogP contribution in [0, 0.1) is 5.92 Å². The first kappa shape index (κ1) is 17.2. The first-order valence-electron chi connectivity index (χ1n) is 8.79. The molecule has 7 heteroatoms. The molecule has 140 valence electrons. The van der Waals surface area contributed by atoms with Gasteiger partial charge in [-0.2, -0.15) is 0 Å². The Hall–Kier alpha value is -3.22. The number of para-hydroxylation sites is 2. The molecule has 7 nitrogen and oxygen atoms in total. The first-order chi connectivity index (χ1) is 13.2. The number of hydrogen-bond donors (Lipinski definition) is 1. The second kappa shape index (κ2) is 7.19. The number of rotatable bonds is 4. The zero-order valence-corrected chi connectivity index (χ0v) is 14.9. The standard InChI is InChI=1S/C20H20N2O5/c1-25-16-5-3-2-4-15(16)22-12-13(10-19(22)23)20(24)21-14-6-7-17-18(11-14)27-9-8-26-17/h2-7,11,13H,8-10,12H2,1H3,(H,21,24)/t13-/m1/s1. The largest absolute Gasteiger partial charge is 0.495 e. The van der Waals surface area contributed by atoms with Crippen molar-refractivity contribution in [2.75, 3.05) is 37.1 Å². The normalized spacial score (nSPS) is 18.3. The van der Waals surface area contributed by atoms with Crippen molar-refractivity contribution in [1.82, 2.24) is 0 Å². The van der Waals surface area contributed by atoms with Gasteiger partial charge in [-0.1, -0.05) is 12.1 Å². The second-order valence-corrected chi connectivity index (χ2v) is 6.42. The number of fused-ring (bicyclic) bond motifs is 1. The van der Waals surface area contributed by atoms with Gasteiger partial charge < -0.3 is 24.4 Å². The molecule has 0 aromatic heterocycles. The Labute approximate surface area is 156 Å². The number of carbonyl (C=O) groups excluding carboxylic acids is 2. The van der Waals surface area contributed by atoms with Crippen LogP contribution >= 0.6 is 0 Å². The summed E-state index contributed by atoms with van der Waals surface area (Å²) in [4.78, 5) is 26.7. The number of nitrogens with zero attached hydrogens (tertiary/aromatic N) is 1. The van der Waals surface area contributed by atoms with E-state index in [1.807, 2.05) is 18.2 Å². The molecule has 2 aliphatic rings. The van der Waals surface area contributed by atoms with Crippen LogP contribution in [-0.4, -0.2) is 38.7 Å². The lowest BCUT2D eigenvalue weighted by Gasteiger charge is -2.20. The summed E-state index contributed by atoms with van der Waals surface area (Å²) in [5.41, 5.74) is 1.30. The molecule has 1 fully saturated rings.